The molecule has 1 heterocycles. The lowest BCUT2D eigenvalue weighted by Crippen LogP contribution is -1.76. The van der Waals surface area contributed by atoms with E-state index in [4.69, 9.17) is 0 Å². The summed E-state index contributed by atoms with van der Waals surface area (Å²) in [5.41, 5.74) is 1.39. The highest BCUT2D eigenvalue weighted by Gasteiger charge is 2.04. The van der Waals surface area contributed by atoms with Crippen molar-refractivity contribution in [1.82, 2.24) is 0 Å². The Morgan fingerprint density at radius 2 is 2.00 bits per heavy atom. The number of benzene rings is 1. The number of thiophene rings is 1. The molecule has 1 aromatic heterocycles. The van der Waals surface area contributed by atoms with Crippen molar-refractivity contribution in [3.05, 3.63) is 30.2 Å². The quantitative estimate of drug-likeness (QED) is 0.575. The van der Waals surface area contributed by atoms with Crippen molar-refractivity contribution in [3.63, 3.8) is 0 Å². The molecular weight excluding hydrogens is 394 g/mol. The van der Waals surface area contributed by atoms with Crippen molar-refractivity contribution >= 4 is 66.6 Å². The largest absolute Gasteiger partial charge is 0.142 e. The maximum Gasteiger partial charge on any atom is 0.0479 e. The predicted octanol–water partition coefficient (Wildman–Crippen LogP) is 4.42. The van der Waals surface area contributed by atoms with Crippen LogP contribution in [0.15, 0.2) is 17.5 Å². The first kappa shape index (κ1) is 9.21. The second kappa shape index (κ2) is 3.42. The molecule has 2 aromatic rings. The summed E-state index contributed by atoms with van der Waals surface area (Å²) in [7, 11) is 0. The summed E-state index contributed by atoms with van der Waals surface area (Å²) in [5, 5.41) is 3.64. The van der Waals surface area contributed by atoms with Crippen LogP contribution in [-0.4, -0.2) is 0 Å². The Hall–Kier alpha value is 0.640. The third-order valence-corrected chi connectivity index (χ3v) is 4.77. The minimum atomic E-state index is 1.33. The molecule has 0 saturated heterocycles. The van der Waals surface area contributed by atoms with E-state index in [0.29, 0.717) is 0 Å². The molecule has 0 spiro atoms. The zero-order valence-corrected chi connectivity index (χ0v) is 11.5. The van der Waals surface area contributed by atoms with Gasteiger partial charge in [-0.2, -0.15) is 0 Å². The molecule has 0 aliphatic rings. The minimum Gasteiger partial charge on any atom is -0.142 e. The molecule has 0 saturated carbocycles. The van der Waals surface area contributed by atoms with Crippen LogP contribution in [0.3, 0.4) is 0 Å². The molecule has 0 radical (unpaired) electrons. The van der Waals surface area contributed by atoms with E-state index in [1.165, 1.54) is 22.8 Å². The van der Waals surface area contributed by atoms with Gasteiger partial charge in [-0.05, 0) is 80.6 Å². The topological polar surface area (TPSA) is 0 Å². The standard InChI is InChI=1S/C9H6I2S/c1-5-4-12-9-7(5)2-6(10)3-8(9)11/h2-4H,1H3. The lowest BCUT2D eigenvalue weighted by molar-refractivity contribution is 1.58. The van der Waals surface area contributed by atoms with Crippen molar-refractivity contribution in [2.75, 3.05) is 0 Å². The van der Waals surface area contributed by atoms with Gasteiger partial charge in [0.05, 0.1) is 0 Å². The molecule has 0 N–H and O–H groups in total. The van der Waals surface area contributed by atoms with Crippen LogP contribution >= 0.6 is 56.5 Å². The van der Waals surface area contributed by atoms with Crippen LogP contribution < -0.4 is 0 Å². The molecule has 0 atom stereocenters. The molecule has 0 amide bonds. The van der Waals surface area contributed by atoms with Gasteiger partial charge in [-0.15, -0.1) is 11.3 Å². The van der Waals surface area contributed by atoms with Crippen molar-refractivity contribution in [2.24, 2.45) is 0 Å². The smallest absolute Gasteiger partial charge is 0.0479 e. The van der Waals surface area contributed by atoms with Gasteiger partial charge in [0.25, 0.3) is 0 Å². The van der Waals surface area contributed by atoms with Gasteiger partial charge in [-0.25, -0.2) is 0 Å². The number of aryl methyl sites for hydroxylation is 1. The van der Waals surface area contributed by atoms with E-state index in [-0.39, 0.29) is 0 Å². The zero-order chi connectivity index (χ0) is 8.72. The van der Waals surface area contributed by atoms with E-state index < -0.39 is 0 Å². The van der Waals surface area contributed by atoms with Crippen LogP contribution in [0.25, 0.3) is 10.1 Å². The molecule has 0 bridgehead atoms. The van der Waals surface area contributed by atoms with Gasteiger partial charge >= 0.3 is 0 Å². The number of hydrogen-bond acceptors (Lipinski definition) is 1. The van der Waals surface area contributed by atoms with Crippen molar-refractivity contribution < 1.29 is 0 Å². The number of hydrogen-bond donors (Lipinski definition) is 0. The SMILES string of the molecule is Cc1csc2c(I)cc(I)cc12. The van der Waals surface area contributed by atoms with Crippen LogP contribution in [0.1, 0.15) is 5.56 Å². The first-order chi connectivity index (χ1) is 5.68. The van der Waals surface area contributed by atoms with E-state index >= 15 is 0 Å². The minimum absolute atomic E-state index is 1.33. The highest BCUT2D eigenvalue weighted by atomic mass is 127. The van der Waals surface area contributed by atoms with E-state index in [1.807, 2.05) is 11.3 Å². The second-order valence-corrected chi connectivity index (χ2v) is 5.97. The first-order valence-corrected chi connectivity index (χ1v) is 6.55. The first-order valence-electron chi connectivity index (χ1n) is 3.51. The number of fused-ring (bicyclic) bond motifs is 1. The van der Waals surface area contributed by atoms with Crippen LogP contribution in [-0.2, 0) is 0 Å². The highest BCUT2D eigenvalue weighted by Crippen LogP contribution is 2.31. The third kappa shape index (κ3) is 1.50. The molecule has 0 unspecified atom stereocenters. The molecule has 0 aliphatic heterocycles. The van der Waals surface area contributed by atoms with Crippen LogP contribution in [0, 0.1) is 14.1 Å². The monoisotopic (exact) mass is 400 g/mol. The van der Waals surface area contributed by atoms with E-state index in [9.17, 15) is 0 Å². The summed E-state index contributed by atoms with van der Waals surface area (Å²) in [6, 6.07) is 4.48. The second-order valence-electron chi connectivity index (χ2n) is 2.68. The average molecular weight is 400 g/mol. The van der Waals surface area contributed by atoms with Gasteiger partial charge in [0.2, 0.25) is 0 Å². The Balaban J connectivity index is 2.92. The van der Waals surface area contributed by atoms with Crippen LogP contribution in [0.4, 0.5) is 0 Å². The lowest BCUT2D eigenvalue weighted by Gasteiger charge is -1.96. The maximum atomic E-state index is 2.40. The highest BCUT2D eigenvalue weighted by molar-refractivity contribution is 14.1. The zero-order valence-electron chi connectivity index (χ0n) is 6.40. The summed E-state index contributed by atoms with van der Waals surface area (Å²) in [5.74, 6) is 0. The molecule has 62 valence electrons. The van der Waals surface area contributed by atoms with Crippen molar-refractivity contribution in [3.8, 4) is 0 Å². The summed E-state index contributed by atoms with van der Waals surface area (Å²) < 4.78 is 4.12. The van der Waals surface area contributed by atoms with E-state index in [1.54, 1.807) is 0 Å². The van der Waals surface area contributed by atoms with Crippen molar-refractivity contribution in [1.29, 1.82) is 0 Å². The number of halogens is 2. The Bertz CT molecular complexity index is 431. The van der Waals surface area contributed by atoms with Crippen LogP contribution in [0.2, 0.25) is 0 Å². The summed E-state index contributed by atoms with van der Waals surface area (Å²) in [4.78, 5) is 0. The molecule has 0 fully saturated rings. The fourth-order valence-corrected chi connectivity index (χ4v) is 4.35. The van der Waals surface area contributed by atoms with Gasteiger partial charge in [-0.3, -0.25) is 0 Å². The average Bonchev–Trinajstić information content (AvgIpc) is 2.33. The van der Waals surface area contributed by atoms with Gasteiger partial charge in [-0.1, -0.05) is 0 Å². The fraction of sp³-hybridized carbons (Fsp3) is 0.111. The molecular formula is C9H6I2S. The summed E-state index contributed by atoms with van der Waals surface area (Å²) in [6.07, 6.45) is 0. The van der Waals surface area contributed by atoms with Gasteiger partial charge < -0.3 is 0 Å². The van der Waals surface area contributed by atoms with E-state index in [0.717, 1.165) is 0 Å². The predicted molar refractivity (Wildman–Crippen MR) is 72.0 cm³/mol. The summed E-state index contributed by atoms with van der Waals surface area (Å²) >= 11 is 6.61. The Morgan fingerprint density at radius 1 is 1.25 bits per heavy atom. The van der Waals surface area contributed by atoms with Crippen LogP contribution in [0.5, 0.6) is 0 Å². The summed E-state index contributed by atoms with van der Waals surface area (Å²) in [6.45, 7) is 2.17. The number of rotatable bonds is 0. The Kier molecular flexibility index (Phi) is 2.62. The Morgan fingerprint density at radius 3 is 2.75 bits per heavy atom. The molecule has 12 heavy (non-hydrogen) atoms. The third-order valence-electron chi connectivity index (χ3n) is 1.79. The normalized spacial score (nSPS) is 10.9. The molecule has 1 aromatic carbocycles. The maximum absolute atomic E-state index is 2.40. The molecule has 0 aliphatic carbocycles. The van der Waals surface area contributed by atoms with Gasteiger partial charge in [0, 0.05) is 11.8 Å². The lowest BCUT2D eigenvalue weighted by atomic mass is 10.2. The molecule has 2 rings (SSSR count). The van der Waals surface area contributed by atoms with E-state index in [2.05, 4.69) is 69.6 Å². The molecule has 0 nitrogen and oxygen atoms in total. The van der Waals surface area contributed by atoms with Gasteiger partial charge in [0.1, 0.15) is 0 Å². The van der Waals surface area contributed by atoms with Crippen molar-refractivity contribution in [2.45, 2.75) is 6.92 Å². The van der Waals surface area contributed by atoms with Gasteiger partial charge in [0.15, 0.2) is 0 Å². The fourth-order valence-electron chi connectivity index (χ4n) is 1.18. The molecule has 3 heteroatoms. The Labute approximate surface area is 103 Å².